The third-order valence-electron chi connectivity index (χ3n) is 3.52. The van der Waals surface area contributed by atoms with E-state index in [9.17, 15) is 14.0 Å². The third-order valence-corrected chi connectivity index (χ3v) is 3.52. The molecule has 118 valence electrons. The second-order valence-electron chi connectivity index (χ2n) is 5.71. The second-order valence-corrected chi connectivity index (χ2v) is 5.71. The molecule has 0 unspecified atom stereocenters. The van der Waals surface area contributed by atoms with Gasteiger partial charge >= 0.3 is 0 Å². The molecule has 2 amide bonds. The molecule has 1 aliphatic rings. The van der Waals surface area contributed by atoms with Gasteiger partial charge in [-0.25, -0.2) is 4.39 Å². The van der Waals surface area contributed by atoms with Crippen molar-refractivity contribution in [1.29, 1.82) is 0 Å². The Morgan fingerprint density at radius 1 is 1.22 bits per heavy atom. The summed E-state index contributed by atoms with van der Waals surface area (Å²) in [6.45, 7) is 3.30. The summed E-state index contributed by atoms with van der Waals surface area (Å²) in [7, 11) is 0. The molecule has 2 aromatic rings. The summed E-state index contributed by atoms with van der Waals surface area (Å²) >= 11 is 0. The zero-order chi connectivity index (χ0) is 16.6. The van der Waals surface area contributed by atoms with Crippen LogP contribution in [0.15, 0.2) is 42.5 Å². The minimum Gasteiger partial charge on any atom is -0.476 e. The van der Waals surface area contributed by atoms with Gasteiger partial charge in [-0.2, -0.15) is 0 Å². The number of halogens is 1. The molecule has 0 saturated carbocycles. The molecule has 23 heavy (non-hydrogen) atoms. The first-order chi connectivity index (χ1) is 10.9. The molecule has 0 spiro atoms. The maximum atomic E-state index is 13.6. The molecule has 5 nitrogen and oxygen atoms in total. The van der Waals surface area contributed by atoms with Gasteiger partial charge in [0.15, 0.2) is 5.60 Å². The molecule has 0 fully saturated rings. The minimum atomic E-state index is -0.999. The largest absolute Gasteiger partial charge is 0.476 e. The number of rotatable bonds is 2. The molecule has 1 aliphatic heterocycles. The summed E-state index contributed by atoms with van der Waals surface area (Å²) in [5, 5.41) is 5.35. The smallest absolute Gasteiger partial charge is 0.268 e. The molecule has 3 rings (SSSR count). The van der Waals surface area contributed by atoms with Gasteiger partial charge in [-0.3, -0.25) is 9.59 Å². The van der Waals surface area contributed by atoms with Crippen LogP contribution < -0.4 is 15.4 Å². The lowest BCUT2D eigenvalue weighted by Crippen LogP contribution is -2.45. The van der Waals surface area contributed by atoms with E-state index in [0.29, 0.717) is 17.1 Å². The first-order valence-corrected chi connectivity index (χ1v) is 7.07. The van der Waals surface area contributed by atoms with Crippen molar-refractivity contribution in [2.45, 2.75) is 19.4 Å². The molecule has 1 heterocycles. The van der Waals surface area contributed by atoms with Crippen LogP contribution in [0.5, 0.6) is 5.75 Å². The molecule has 0 radical (unpaired) electrons. The standard InChI is InChI=1S/C17H15FN2O3/c1-17(2)16(22)20-13-8-7-10(9-14(13)23-17)19-15(21)11-5-3-4-6-12(11)18/h3-9H,1-2H3,(H,19,21)(H,20,22). The van der Waals surface area contributed by atoms with E-state index < -0.39 is 17.3 Å². The van der Waals surface area contributed by atoms with Crippen molar-refractivity contribution < 1.29 is 18.7 Å². The van der Waals surface area contributed by atoms with Crippen molar-refractivity contribution in [3.63, 3.8) is 0 Å². The number of hydrogen-bond acceptors (Lipinski definition) is 3. The third kappa shape index (κ3) is 2.88. The number of anilines is 2. The number of carbonyl (C=O) groups is 2. The van der Waals surface area contributed by atoms with Gasteiger partial charge < -0.3 is 15.4 Å². The zero-order valence-corrected chi connectivity index (χ0v) is 12.6. The molecule has 2 aromatic carbocycles. The number of hydrogen-bond donors (Lipinski definition) is 2. The van der Waals surface area contributed by atoms with E-state index in [1.165, 1.54) is 18.2 Å². The summed E-state index contributed by atoms with van der Waals surface area (Å²) in [6.07, 6.45) is 0. The lowest BCUT2D eigenvalue weighted by Gasteiger charge is -2.31. The predicted molar refractivity (Wildman–Crippen MR) is 84.1 cm³/mol. The Morgan fingerprint density at radius 3 is 2.70 bits per heavy atom. The number of amides is 2. The highest BCUT2D eigenvalue weighted by atomic mass is 19.1. The highest BCUT2D eigenvalue weighted by Crippen LogP contribution is 2.35. The van der Waals surface area contributed by atoms with Crippen LogP contribution >= 0.6 is 0 Å². The van der Waals surface area contributed by atoms with Crippen molar-refractivity contribution >= 4 is 23.2 Å². The quantitative estimate of drug-likeness (QED) is 0.894. The van der Waals surface area contributed by atoms with Crippen molar-refractivity contribution in [2.24, 2.45) is 0 Å². The maximum Gasteiger partial charge on any atom is 0.268 e. The lowest BCUT2D eigenvalue weighted by molar-refractivity contribution is -0.129. The average Bonchev–Trinajstić information content (AvgIpc) is 2.48. The van der Waals surface area contributed by atoms with E-state index in [4.69, 9.17) is 4.74 Å². The summed E-state index contributed by atoms with van der Waals surface area (Å²) < 4.78 is 19.3. The Morgan fingerprint density at radius 2 is 1.96 bits per heavy atom. The molecule has 0 aliphatic carbocycles. The van der Waals surface area contributed by atoms with E-state index >= 15 is 0 Å². The number of fused-ring (bicyclic) bond motifs is 1. The van der Waals surface area contributed by atoms with E-state index in [1.807, 2.05) is 0 Å². The Kier molecular flexibility index (Phi) is 3.52. The summed E-state index contributed by atoms with van der Waals surface area (Å²) in [5.74, 6) is -0.941. The molecule has 6 heteroatoms. The lowest BCUT2D eigenvalue weighted by atomic mass is 10.1. The maximum absolute atomic E-state index is 13.6. The predicted octanol–water partition coefficient (Wildman–Crippen LogP) is 3.19. The summed E-state index contributed by atoms with van der Waals surface area (Å²) in [4.78, 5) is 23.9. The van der Waals surface area contributed by atoms with Crippen LogP contribution in [-0.2, 0) is 4.79 Å². The van der Waals surface area contributed by atoms with Crippen LogP contribution in [-0.4, -0.2) is 17.4 Å². The van der Waals surface area contributed by atoms with Crippen LogP contribution in [0.3, 0.4) is 0 Å². The summed E-state index contributed by atoms with van der Waals surface area (Å²) in [6, 6.07) is 10.6. The normalized spacial score (nSPS) is 15.2. The van der Waals surface area contributed by atoms with Gasteiger partial charge in [0.2, 0.25) is 0 Å². The van der Waals surface area contributed by atoms with Gasteiger partial charge in [-0.1, -0.05) is 12.1 Å². The number of ether oxygens (including phenoxy) is 1. The zero-order valence-electron chi connectivity index (χ0n) is 12.6. The Hall–Kier alpha value is -2.89. The highest BCUT2D eigenvalue weighted by Gasteiger charge is 2.35. The van der Waals surface area contributed by atoms with Crippen molar-refractivity contribution in [1.82, 2.24) is 0 Å². The molecule has 0 aromatic heterocycles. The average molecular weight is 314 g/mol. The fourth-order valence-corrected chi connectivity index (χ4v) is 2.23. The van der Waals surface area contributed by atoms with Gasteiger partial charge in [-0.05, 0) is 38.1 Å². The molecular weight excluding hydrogens is 299 g/mol. The van der Waals surface area contributed by atoms with E-state index in [-0.39, 0.29) is 11.5 Å². The van der Waals surface area contributed by atoms with Crippen LogP contribution in [0.2, 0.25) is 0 Å². The molecule has 2 N–H and O–H groups in total. The van der Waals surface area contributed by atoms with Gasteiger partial charge in [0, 0.05) is 11.8 Å². The minimum absolute atomic E-state index is 0.0419. The SMILES string of the molecule is CC1(C)Oc2cc(NC(=O)c3ccccc3F)ccc2NC1=O. The van der Waals surface area contributed by atoms with E-state index in [0.717, 1.165) is 0 Å². The van der Waals surface area contributed by atoms with E-state index in [1.54, 1.807) is 38.1 Å². The Labute approximate surface area is 132 Å². The Bertz CT molecular complexity index is 802. The van der Waals surface area contributed by atoms with Gasteiger partial charge in [-0.15, -0.1) is 0 Å². The van der Waals surface area contributed by atoms with Gasteiger partial charge in [0.25, 0.3) is 11.8 Å². The Balaban J connectivity index is 1.85. The van der Waals surface area contributed by atoms with Gasteiger partial charge in [0.1, 0.15) is 11.6 Å². The van der Waals surface area contributed by atoms with Gasteiger partial charge in [0.05, 0.1) is 11.3 Å². The fraction of sp³-hybridized carbons (Fsp3) is 0.176. The number of benzene rings is 2. The van der Waals surface area contributed by atoms with Crippen molar-refractivity contribution in [3.8, 4) is 5.75 Å². The second kappa shape index (κ2) is 5.39. The highest BCUT2D eigenvalue weighted by molar-refractivity contribution is 6.05. The molecular formula is C17H15FN2O3. The van der Waals surface area contributed by atoms with Crippen LogP contribution in [0.4, 0.5) is 15.8 Å². The van der Waals surface area contributed by atoms with Crippen LogP contribution in [0.25, 0.3) is 0 Å². The van der Waals surface area contributed by atoms with Crippen molar-refractivity contribution in [2.75, 3.05) is 10.6 Å². The topological polar surface area (TPSA) is 67.4 Å². The molecule has 0 bridgehead atoms. The van der Waals surface area contributed by atoms with Crippen molar-refractivity contribution in [3.05, 3.63) is 53.8 Å². The molecule has 0 saturated heterocycles. The monoisotopic (exact) mass is 314 g/mol. The number of carbonyl (C=O) groups excluding carboxylic acids is 2. The fourth-order valence-electron chi connectivity index (χ4n) is 2.23. The van der Waals surface area contributed by atoms with E-state index in [2.05, 4.69) is 10.6 Å². The molecule has 0 atom stereocenters. The number of nitrogens with one attached hydrogen (secondary N) is 2. The van der Waals surface area contributed by atoms with Crippen LogP contribution in [0.1, 0.15) is 24.2 Å². The van der Waals surface area contributed by atoms with Crippen LogP contribution in [0, 0.1) is 5.82 Å². The summed E-state index contributed by atoms with van der Waals surface area (Å²) in [5.41, 5.74) is -0.0665. The first-order valence-electron chi connectivity index (χ1n) is 7.07. The first kappa shape index (κ1) is 15.0.